The van der Waals surface area contributed by atoms with Crippen LogP contribution in [0.5, 0.6) is 5.75 Å². The normalized spacial score (nSPS) is 10.7. The summed E-state index contributed by atoms with van der Waals surface area (Å²) in [6, 6.07) is 5.06. The van der Waals surface area contributed by atoms with Crippen LogP contribution >= 0.6 is 11.6 Å². The fraction of sp³-hybridized carbons (Fsp3) is 0.286. The lowest BCUT2D eigenvalue weighted by Gasteiger charge is -2.09. The van der Waals surface area contributed by atoms with Gasteiger partial charge in [0.05, 0.1) is 12.1 Å². The van der Waals surface area contributed by atoms with Crippen molar-refractivity contribution in [3.8, 4) is 5.75 Å². The van der Waals surface area contributed by atoms with Crippen molar-refractivity contribution in [2.24, 2.45) is 0 Å². The van der Waals surface area contributed by atoms with Crippen molar-refractivity contribution >= 4 is 28.5 Å². The number of nitrogens with one attached hydrogen (secondary N) is 1. The summed E-state index contributed by atoms with van der Waals surface area (Å²) >= 11 is 5.81. The van der Waals surface area contributed by atoms with E-state index in [1.165, 1.54) is 0 Å². The number of ether oxygens (including phenoxy) is 1. The monoisotopic (exact) mass is 295 g/mol. The van der Waals surface area contributed by atoms with Crippen LogP contribution < -0.4 is 5.56 Å². The maximum absolute atomic E-state index is 11.9. The summed E-state index contributed by atoms with van der Waals surface area (Å²) in [6.07, 6.45) is 0.630. The highest BCUT2D eigenvalue weighted by atomic mass is 35.5. The molecule has 0 amide bonds. The molecule has 0 fully saturated rings. The van der Waals surface area contributed by atoms with E-state index in [1.54, 1.807) is 18.2 Å². The van der Waals surface area contributed by atoms with E-state index in [0.29, 0.717) is 22.9 Å². The first-order valence-electron chi connectivity index (χ1n) is 6.20. The van der Waals surface area contributed by atoms with Crippen LogP contribution in [0.4, 0.5) is 0 Å². The largest absolute Gasteiger partial charge is 0.506 e. The Hall–Kier alpha value is -2.01. The minimum Gasteiger partial charge on any atom is -0.506 e. The lowest BCUT2D eigenvalue weighted by atomic mass is 10.1. The second kappa shape index (κ2) is 5.96. The van der Waals surface area contributed by atoms with E-state index < -0.39 is 11.5 Å². The van der Waals surface area contributed by atoms with Crippen molar-refractivity contribution in [3.05, 3.63) is 39.7 Å². The molecule has 1 aromatic heterocycles. The molecule has 0 aliphatic heterocycles. The molecule has 1 aromatic carbocycles. The number of aromatic amines is 1. The number of benzene rings is 1. The van der Waals surface area contributed by atoms with Crippen LogP contribution in [0.15, 0.2) is 23.0 Å². The van der Waals surface area contributed by atoms with Crippen molar-refractivity contribution in [1.82, 2.24) is 4.98 Å². The van der Waals surface area contributed by atoms with E-state index in [1.807, 2.05) is 6.92 Å². The number of aromatic hydroxyl groups is 1. The summed E-state index contributed by atoms with van der Waals surface area (Å²) < 4.78 is 4.91. The third-order valence-electron chi connectivity index (χ3n) is 2.88. The zero-order valence-electron chi connectivity index (χ0n) is 10.9. The third-order valence-corrected chi connectivity index (χ3v) is 3.17. The standard InChI is InChI=1S/C14H14ClNO4/c1-2-6-20-14(19)11-12(17)10-8(7-15)4-3-5-9(10)16-13(11)18/h3-5H,2,6-7H2,1H3,(H2,16,17,18). The molecular weight excluding hydrogens is 282 g/mol. The van der Waals surface area contributed by atoms with E-state index in [-0.39, 0.29) is 23.8 Å². The van der Waals surface area contributed by atoms with E-state index >= 15 is 0 Å². The zero-order valence-corrected chi connectivity index (χ0v) is 11.7. The zero-order chi connectivity index (χ0) is 14.7. The SMILES string of the molecule is CCCOC(=O)c1c(O)c2c(CCl)cccc2[nH]c1=O. The van der Waals surface area contributed by atoms with Crippen LogP contribution in [0.3, 0.4) is 0 Å². The summed E-state index contributed by atoms with van der Waals surface area (Å²) in [5, 5.41) is 10.6. The van der Waals surface area contributed by atoms with Gasteiger partial charge in [0.15, 0.2) is 5.56 Å². The molecule has 0 bridgehead atoms. The molecule has 0 saturated heterocycles. The van der Waals surface area contributed by atoms with Gasteiger partial charge in [0.1, 0.15) is 5.75 Å². The number of rotatable bonds is 4. The van der Waals surface area contributed by atoms with Crippen LogP contribution in [0.2, 0.25) is 0 Å². The highest BCUT2D eigenvalue weighted by molar-refractivity contribution is 6.18. The highest BCUT2D eigenvalue weighted by Crippen LogP contribution is 2.29. The van der Waals surface area contributed by atoms with E-state index in [9.17, 15) is 14.7 Å². The average Bonchev–Trinajstić information content (AvgIpc) is 2.44. The lowest BCUT2D eigenvalue weighted by Crippen LogP contribution is -2.20. The molecule has 2 aromatic rings. The van der Waals surface area contributed by atoms with Gasteiger partial charge in [0.2, 0.25) is 0 Å². The molecule has 0 unspecified atom stereocenters. The van der Waals surface area contributed by atoms with Gasteiger partial charge < -0.3 is 14.8 Å². The fourth-order valence-electron chi connectivity index (χ4n) is 1.97. The first-order valence-corrected chi connectivity index (χ1v) is 6.73. The third kappa shape index (κ3) is 2.49. The molecule has 0 spiro atoms. The van der Waals surface area contributed by atoms with Gasteiger partial charge in [-0.3, -0.25) is 4.79 Å². The Morgan fingerprint density at radius 2 is 2.20 bits per heavy atom. The maximum atomic E-state index is 11.9. The molecule has 1 heterocycles. The Bertz CT molecular complexity index is 708. The number of carbonyl (C=O) groups is 1. The van der Waals surface area contributed by atoms with Gasteiger partial charge in [-0.2, -0.15) is 0 Å². The van der Waals surface area contributed by atoms with Gasteiger partial charge in [0, 0.05) is 11.3 Å². The number of halogens is 1. The van der Waals surface area contributed by atoms with Crippen LogP contribution in [0, 0.1) is 0 Å². The fourth-order valence-corrected chi connectivity index (χ4v) is 2.19. The number of hydrogen-bond donors (Lipinski definition) is 2. The van der Waals surface area contributed by atoms with E-state index in [4.69, 9.17) is 16.3 Å². The smallest absolute Gasteiger partial charge is 0.347 e. The molecule has 0 atom stereocenters. The molecule has 0 aliphatic rings. The van der Waals surface area contributed by atoms with Gasteiger partial charge in [-0.1, -0.05) is 19.1 Å². The van der Waals surface area contributed by atoms with E-state index in [0.717, 1.165) is 0 Å². The second-order valence-electron chi connectivity index (χ2n) is 4.29. The molecule has 106 valence electrons. The number of fused-ring (bicyclic) bond motifs is 1. The topological polar surface area (TPSA) is 79.4 Å². The number of carbonyl (C=O) groups excluding carboxylic acids is 1. The van der Waals surface area contributed by atoms with Crippen molar-refractivity contribution in [3.63, 3.8) is 0 Å². The van der Waals surface area contributed by atoms with Gasteiger partial charge >= 0.3 is 5.97 Å². The van der Waals surface area contributed by atoms with Crippen molar-refractivity contribution < 1.29 is 14.6 Å². The van der Waals surface area contributed by atoms with Crippen molar-refractivity contribution in [2.75, 3.05) is 6.61 Å². The van der Waals surface area contributed by atoms with Gasteiger partial charge in [-0.15, -0.1) is 11.6 Å². The van der Waals surface area contributed by atoms with Crippen LogP contribution in [-0.4, -0.2) is 22.7 Å². The molecule has 2 rings (SSSR count). The maximum Gasteiger partial charge on any atom is 0.347 e. The first kappa shape index (κ1) is 14.4. The molecule has 0 radical (unpaired) electrons. The molecule has 2 N–H and O–H groups in total. The van der Waals surface area contributed by atoms with Crippen molar-refractivity contribution in [1.29, 1.82) is 0 Å². The molecule has 0 aliphatic carbocycles. The summed E-state index contributed by atoms with van der Waals surface area (Å²) in [6.45, 7) is 2.02. The summed E-state index contributed by atoms with van der Waals surface area (Å²) in [7, 11) is 0. The number of hydrogen-bond acceptors (Lipinski definition) is 4. The molecule has 6 heteroatoms. The summed E-state index contributed by atoms with van der Waals surface area (Å²) in [4.78, 5) is 26.3. The first-order chi connectivity index (χ1) is 9.60. The van der Waals surface area contributed by atoms with Gasteiger partial charge in [0.25, 0.3) is 5.56 Å². The van der Waals surface area contributed by atoms with Crippen LogP contribution in [0.25, 0.3) is 10.9 Å². The average molecular weight is 296 g/mol. The molecule has 0 saturated carbocycles. The lowest BCUT2D eigenvalue weighted by molar-refractivity contribution is 0.0500. The molecule has 20 heavy (non-hydrogen) atoms. The Morgan fingerprint density at radius 1 is 1.45 bits per heavy atom. The van der Waals surface area contributed by atoms with Gasteiger partial charge in [-0.05, 0) is 18.1 Å². The number of esters is 1. The quantitative estimate of drug-likeness (QED) is 0.671. The number of pyridine rings is 1. The van der Waals surface area contributed by atoms with Gasteiger partial charge in [-0.25, -0.2) is 4.79 Å². The highest BCUT2D eigenvalue weighted by Gasteiger charge is 2.21. The number of aromatic nitrogens is 1. The number of alkyl halides is 1. The minimum absolute atomic E-state index is 0.153. The predicted octanol–water partition coefficient (Wildman–Crippen LogP) is 2.54. The Labute approximate surface area is 120 Å². The Kier molecular flexibility index (Phi) is 4.29. The summed E-state index contributed by atoms with van der Waals surface area (Å²) in [5.41, 5.74) is -0.00788. The second-order valence-corrected chi connectivity index (χ2v) is 4.55. The number of H-pyrrole nitrogens is 1. The molecular formula is C14H14ClNO4. The summed E-state index contributed by atoms with van der Waals surface area (Å²) in [5.74, 6) is -1.07. The van der Waals surface area contributed by atoms with Crippen molar-refractivity contribution in [2.45, 2.75) is 19.2 Å². The Morgan fingerprint density at radius 3 is 2.85 bits per heavy atom. The Balaban J connectivity index is 2.67. The van der Waals surface area contributed by atoms with Crippen LogP contribution in [0.1, 0.15) is 29.3 Å². The predicted molar refractivity (Wildman–Crippen MR) is 76.4 cm³/mol. The van der Waals surface area contributed by atoms with E-state index in [2.05, 4.69) is 4.98 Å². The molecule has 5 nitrogen and oxygen atoms in total. The minimum atomic E-state index is -0.836. The van der Waals surface area contributed by atoms with Crippen LogP contribution in [-0.2, 0) is 10.6 Å².